The molecule has 0 spiro atoms. The van der Waals surface area contributed by atoms with Gasteiger partial charge in [0.25, 0.3) is 0 Å². The van der Waals surface area contributed by atoms with E-state index in [0.29, 0.717) is 17.8 Å². The molecular formula is C12H17N3OS. The molecule has 2 atom stereocenters. The van der Waals surface area contributed by atoms with Crippen LogP contribution in [0.1, 0.15) is 32.6 Å². The van der Waals surface area contributed by atoms with E-state index >= 15 is 0 Å². The van der Waals surface area contributed by atoms with E-state index in [1.54, 1.807) is 11.3 Å². The number of hydrogen-bond donors (Lipinski definition) is 1. The maximum atomic E-state index is 5.32. The molecule has 4 nitrogen and oxygen atoms in total. The summed E-state index contributed by atoms with van der Waals surface area (Å²) in [6.45, 7) is 7.26. The highest BCUT2D eigenvalue weighted by atomic mass is 32.1. The topological polar surface area (TPSA) is 51.0 Å². The second-order valence-electron chi connectivity index (χ2n) is 4.10. The van der Waals surface area contributed by atoms with E-state index in [4.69, 9.17) is 4.52 Å². The summed E-state index contributed by atoms with van der Waals surface area (Å²) in [4.78, 5) is 4.44. The Morgan fingerprint density at radius 1 is 1.47 bits per heavy atom. The van der Waals surface area contributed by atoms with Gasteiger partial charge in [-0.3, -0.25) is 0 Å². The molecule has 0 bridgehead atoms. The van der Waals surface area contributed by atoms with Crippen LogP contribution in [0.15, 0.2) is 21.3 Å². The first-order valence-corrected chi connectivity index (χ1v) is 6.76. The number of likely N-dealkylation sites (N-methyl/N-ethyl adjacent to an activating group) is 1. The Kier molecular flexibility index (Phi) is 3.91. The zero-order valence-electron chi connectivity index (χ0n) is 10.3. The van der Waals surface area contributed by atoms with Gasteiger partial charge in [-0.2, -0.15) is 16.3 Å². The Hall–Kier alpha value is -1.20. The molecule has 0 aliphatic heterocycles. The van der Waals surface area contributed by atoms with Gasteiger partial charge in [0.1, 0.15) is 0 Å². The van der Waals surface area contributed by atoms with Crippen molar-refractivity contribution >= 4 is 11.3 Å². The fourth-order valence-corrected chi connectivity index (χ4v) is 2.28. The van der Waals surface area contributed by atoms with Crippen LogP contribution in [-0.2, 0) is 0 Å². The van der Waals surface area contributed by atoms with Gasteiger partial charge in [0, 0.05) is 17.0 Å². The van der Waals surface area contributed by atoms with Crippen LogP contribution < -0.4 is 5.32 Å². The minimum atomic E-state index is 0.217. The minimum absolute atomic E-state index is 0.217. The molecule has 0 amide bonds. The first-order chi connectivity index (χ1) is 8.22. The van der Waals surface area contributed by atoms with Crippen LogP contribution in [0.5, 0.6) is 0 Å². The molecule has 2 aromatic rings. The van der Waals surface area contributed by atoms with E-state index in [0.717, 1.165) is 12.1 Å². The number of aromatic nitrogens is 2. The highest BCUT2D eigenvalue weighted by Gasteiger charge is 2.20. The van der Waals surface area contributed by atoms with Gasteiger partial charge in [-0.25, -0.2) is 0 Å². The van der Waals surface area contributed by atoms with E-state index < -0.39 is 0 Å². The average Bonchev–Trinajstić information content (AvgIpc) is 2.98. The van der Waals surface area contributed by atoms with Crippen molar-refractivity contribution in [3.05, 3.63) is 22.7 Å². The van der Waals surface area contributed by atoms with Crippen LogP contribution in [0.2, 0.25) is 0 Å². The fraction of sp³-hybridized carbons (Fsp3) is 0.500. The van der Waals surface area contributed by atoms with Crippen LogP contribution in [0.3, 0.4) is 0 Å². The van der Waals surface area contributed by atoms with E-state index in [2.05, 4.69) is 36.2 Å². The minimum Gasteiger partial charge on any atom is -0.339 e. The van der Waals surface area contributed by atoms with Crippen LogP contribution >= 0.6 is 11.3 Å². The molecule has 0 fully saturated rings. The Morgan fingerprint density at radius 2 is 2.29 bits per heavy atom. The largest absolute Gasteiger partial charge is 0.339 e. The number of nitrogens with zero attached hydrogens (tertiary/aromatic N) is 2. The smallest absolute Gasteiger partial charge is 0.231 e. The second-order valence-corrected chi connectivity index (χ2v) is 4.88. The van der Waals surface area contributed by atoms with E-state index in [9.17, 15) is 0 Å². The molecule has 92 valence electrons. The van der Waals surface area contributed by atoms with E-state index in [-0.39, 0.29) is 5.92 Å². The quantitative estimate of drug-likeness (QED) is 0.887. The molecule has 2 rings (SSSR count). The lowest BCUT2D eigenvalue weighted by Gasteiger charge is -2.16. The van der Waals surface area contributed by atoms with Crippen LogP contribution in [-0.4, -0.2) is 22.7 Å². The van der Waals surface area contributed by atoms with Crippen molar-refractivity contribution < 1.29 is 4.52 Å². The first kappa shape index (κ1) is 12.3. The predicted octanol–water partition coefficient (Wildman–Crippen LogP) is 2.90. The van der Waals surface area contributed by atoms with Gasteiger partial charge in [0.05, 0.1) is 5.92 Å². The molecule has 1 N–H and O–H groups in total. The van der Waals surface area contributed by atoms with Crippen molar-refractivity contribution in [2.45, 2.75) is 32.7 Å². The van der Waals surface area contributed by atoms with Crippen molar-refractivity contribution in [2.24, 2.45) is 0 Å². The number of thiophene rings is 1. The van der Waals surface area contributed by atoms with E-state index in [1.165, 1.54) is 0 Å². The van der Waals surface area contributed by atoms with Crippen molar-refractivity contribution in [1.29, 1.82) is 0 Å². The molecule has 0 saturated carbocycles. The zero-order chi connectivity index (χ0) is 12.3. The predicted molar refractivity (Wildman–Crippen MR) is 69.2 cm³/mol. The Morgan fingerprint density at radius 3 is 2.94 bits per heavy atom. The van der Waals surface area contributed by atoms with Gasteiger partial charge in [-0.05, 0) is 24.9 Å². The average molecular weight is 251 g/mol. The number of nitrogens with one attached hydrogen (secondary N) is 1. The highest BCUT2D eigenvalue weighted by molar-refractivity contribution is 7.08. The summed E-state index contributed by atoms with van der Waals surface area (Å²) in [5.74, 6) is 1.59. The lowest BCUT2D eigenvalue weighted by Crippen LogP contribution is -2.30. The maximum Gasteiger partial charge on any atom is 0.231 e. The van der Waals surface area contributed by atoms with Gasteiger partial charge in [-0.1, -0.05) is 19.0 Å². The molecule has 17 heavy (non-hydrogen) atoms. The summed E-state index contributed by atoms with van der Waals surface area (Å²) in [6, 6.07) is 2.33. The SMILES string of the molecule is CCNC(C)C(C)c1nc(-c2ccsc2)no1. The molecule has 5 heteroatoms. The summed E-state index contributed by atoms with van der Waals surface area (Å²) in [5, 5.41) is 11.4. The highest BCUT2D eigenvalue weighted by Crippen LogP contribution is 2.23. The molecule has 0 saturated heterocycles. The van der Waals surface area contributed by atoms with Crippen molar-refractivity contribution in [3.63, 3.8) is 0 Å². The van der Waals surface area contributed by atoms with Gasteiger partial charge in [0.2, 0.25) is 11.7 Å². The van der Waals surface area contributed by atoms with Crippen molar-refractivity contribution in [2.75, 3.05) is 6.54 Å². The fourth-order valence-electron chi connectivity index (χ4n) is 1.64. The summed E-state index contributed by atoms with van der Waals surface area (Å²) < 4.78 is 5.32. The molecular weight excluding hydrogens is 234 g/mol. The standard InChI is InChI=1S/C12H17N3OS/c1-4-13-9(3)8(2)12-14-11(15-16-12)10-5-6-17-7-10/h5-9,13H,4H2,1-3H3. The van der Waals surface area contributed by atoms with Gasteiger partial charge >= 0.3 is 0 Å². The monoisotopic (exact) mass is 251 g/mol. The normalized spacial score (nSPS) is 14.8. The Bertz CT molecular complexity index is 452. The lowest BCUT2D eigenvalue weighted by atomic mass is 10.0. The lowest BCUT2D eigenvalue weighted by molar-refractivity contribution is 0.332. The van der Waals surface area contributed by atoms with E-state index in [1.807, 2.05) is 16.8 Å². The third-order valence-corrected chi connectivity index (χ3v) is 3.57. The first-order valence-electron chi connectivity index (χ1n) is 5.82. The maximum absolute atomic E-state index is 5.32. The second kappa shape index (κ2) is 5.42. The Balaban J connectivity index is 2.13. The third kappa shape index (κ3) is 2.73. The zero-order valence-corrected chi connectivity index (χ0v) is 11.1. The third-order valence-electron chi connectivity index (χ3n) is 2.89. The van der Waals surface area contributed by atoms with Gasteiger partial charge in [0.15, 0.2) is 0 Å². The summed E-state index contributed by atoms with van der Waals surface area (Å²) in [7, 11) is 0. The summed E-state index contributed by atoms with van der Waals surface area (Å²) >= 11 is 1.63. The number of hydrogen-bond acceptors (Lipinski definition) is 5. The molecule has 2 heterocycles. The molecule has 0 aliphatic rings. The summed E-state index contributed by atoms with van der Waals surface area (Å²) in [5.41, 5.74) is 1.02. The molecule has 0 radical (unpaired) electrons. The molecule has 2 unspecified atom stereocenters. The molecule has 2 aromatic heterocycles. The van der Waals surface area contributed by atoms with Crippen LogP contribution in [0.25, 0.3) is 11.4 Å². The molecule has 0 aliphatic carbocycles. The summed E-state index contributed by atoms with van der Waals surface area (Å²) in [6.07, 6.45) is 0. The Labute approximate surface area is 105 Å². The molecule has 0 aromatic carbocycles. The van der Waals surface area contributed by atoms with Gasteiger partial charge in [-0.15, -0.1) is 0 Å². The van der Waals surface area contributed by atoms with Gasteiger partial charge < -0.3 is 9.84 Å². The van der Waals surface area contributed by atoms with Crippen molar-refractivity contribution in [3.8, 4) is 11.4 Å². The van der Waals surface area contributed by atoms with Crippen LogP contribution in [0, 0.1) is 0 Å². The number of rotatable bonds is 5. The van der Waals surface area contributed by atoms with Crippen LogP contribution in [0.4, 0.5) is 0 Å². The van der Waals surface area contributed by atoms with Crippen molar-refractivity contribution in [1.82, 2.24) is 15.5 Å².